The van der Waals surface area contributed by atoms with Crippen LogP contribution in [0.25, 0.3) is 0 Å². The molecule has 2 unspecified atom stereocenters. The van der Waals surface area contributed by atoms with Crippen molar-refractivity contribution in [3.05, 3.63) is 88.9 Å². The molecule has 5 rings (SSSR count). The van der Waals surface area contributed by atoms with E-state index < -0.39 is 8.32 Å². The van der Waals surface area contributed by atoms with E-state index in [1.165, 1.54) is 48.0 Å². The van der Waals surface area contributed by atoms with Crippen LogP contribution in [0.3, 0.4) is 0 Å². The molecule has 2 saturated carbocycles. The molecular weight excluding hydrogens is 548 g/mol. The lowest BCUT2D eigenvalue weighted by Gasteiger charge is -2.43. The summed E-state index contributed by atoms with van der Waals surface area (Å²) in [7, 11) is -2.42. The van der Waals surface area contributed by atoms with Crippen molar-refractivity contribution >= 4 is 34.6 Å². The van der Waals surface area contributed by atoms with Crippen LogP contribution in [0, 0.1) is 24.7 Å². The third-order valence-electron chi connectivity index (χ3n) is 9.07. The molecule has 2 aliphatic rings. The van der Waals surface area contributed by atoms with Gasteiger partial charge in [-0.3, -0.25) is 0 Å². The largest absolute Gasteiger partial charge is 0.490 e. The van der Waals surface area contributed by atoms with E-state index in [-0.39, 0.29) is 5.04 Å². The molecule has 0 bridgehead atoms. The molecule has 0 heterocycles. The van der Waals surface area contributed by atoms with Gasteiger partial charge in [0, 0.05) is 16.6 Å². The molecule has 0 radical (unpaired) electrons. The number of hydrogen-bond acceptors (Lipinski definition) is 2. The van der Waals surface area contributed by atoms with E-state index in [0.29, 0.717) is 6.10 Å². The molecule has 0 aliphatic heterocycles. The average molecular weight is 592 g/mol. The summed E-state index contributed by atoms with van der Waals surface area (Å²) in [6.07, 6.45) is 7.95. The van der Waals surface area contributed by atoms with Crippen molar-refractivity contribution in [1.82, 2.24) is 0 Å². The Hall–Kier alpha value is -1.88. The summed E-state index contributed by atoms with van der Waals surface area (Å²) in [5.74, 6) is 3.53. The lowest BCUT2D eigenvalue weighted by Crippen LogP contribution is -2.66. The van der Waals surface area contributed by atoms with Gasteiger partial charge in [0.2, 0.25) is 0 Å². The van der Waals surface area contributed by atoms with E-state index in [9.17, 15) is 0 Å². The normalized spacial score (nSPS) is 23.4. The van der Waals surface area contributed by atoms with Gasteiger partial charge in [-0.1, -0.05) is 103 Å². The van der Waals surface area contributed by atoms with Gasteiger partial charge in [0.15, 0.2) is 0 Å². The first kappa shape index (κ1) is 27.7. The zero-order chi connectivity index (χ0) is 26.8. The van der Waals surface area contributed by atoms with E-state index in [1.54, 1.807) is 0 Å². The third kappa shape index (κ3) is 5.69. The molecule has 2 fully saturated rings. The minimum absolute atomic E-state index is 0.0435. The Kier molecular flexibility index (Phi) is 8.52. The summed E-state index contributed by atoms with van der Waals surface area (Å²) in [5.41, 5.74) is 1.21. The van der Waals surface area contributed by atoms with Crippen LogP contribution in [0.15, 0.2) is 83.3 Å². The second-order valence-electron chi connectivity index (χ2n) is 12.6. The highest BCUT2D eigenvalue weighted by molar-refractivity contribution is 9.10. The molecule has 202 valence electrons. The maximum Gasteiger partial charge on any atom is 0.261 e. The van der Waals surface area contributed by atoms with Crippen molar-refractivity contribution in [3.8, 4) is 5.75 Å². The van der Waals surface area contributed by atoms with E-state index in [4.69, 9.17) is 9.16 Å². The van der Waals surface area contributed by atoms with E-state index in [0.717, 1.165) is 41.0 Å². The Morgan fingerprint density at radius 3 is 1.92 bits per heavy atom. The highest BCUT2D eigenvalue weighted by atomic mass is 79.9. The molecule has 0 aromatic heterocycles. The standard InChI is InChI=1S/C34H43BrO2Si/c1-25-32(35)18-11-19-33(25)37-29-23-27-21-26(22-28(27)24-29)13-12-20-36-38(34(2,3)4,30-14-7-5-8-15-30)31-16-9-6-10-17-31/h5-11,14-19,26-29H,12-13,20-24H2,1-4H3/t26?,27-,28+,29?. The van der Waals surface area contributed by atoms with Crippen molar-refractivity contribution < 1.29 is 9.16 Å². The Morgan fingerprint density at radius 1 is 0.789 bits per heavy atom. The van der Waals surface area contributed by atoms with E-state index in [2.05, 4.69) is 122 Å². The zero-order valence-corrected chi connectivity index (χ0v) is 26.0. The summed E-state index contributed by atoms with van der Waals surface area (Å²) in [6.45, 7) is 10.1. The molecule has 4 heteroatoms. The van der Waals surface area contributed by atoms with Crippen molar-refractivity contribution in [3.63, 3.8) is 0 Å². The molecule has 2 nitrogen and oxygen atoms in total. The van der Waals surface area contributed by atoms with Crippen LogP contribution in [0.5, 0.6) is 5.75 Å². The Morgan fingerprint density at radius 2 is 1.37 bits per heavy atom. The van der Waals surface area contributed by atoms with Crippen molar-refractivity contribution in [2.24, 2.45) is 17.8 Å². The van der Waals surface area contributed by atoms with Gasteiger partial charge in [-0.2, -0.15) is 0 Å². The Balaban J connectivity index is 1.18. The molecular formula is C34H43BrO2Si. The molecule has 3 aromatic rings. The smallest absolute Gasteiger partial charge is 0.261 e. The van der Waals surface area contributed by atoms with Gasteiger partial charge < -0.3 is 9.16 Å². The van der Waals surface area contributed by atoms with Crippen LogP contribution in [0.1, 0.15) is 64.9 Å². The van der Waals surface area contributed by atoms with E-state index in [1.807, 2.05) is 0 Å². The fraction of sp³-hybridized carbons (Fsp3) is 0.471. The summed E-state index contributed by atoms with van der Waals surface area (Å²) in [4.78, 5) is 0. The highest BCUT2D eigenvalue weighted by Gasteiger charge is 2.50. The maximum atomic E-state index is 7.14. The minimum atomic E-state index is -2.42. The predicted octanol–water partition coefficient (Wildman–Crippen LogP) is 8.30. The average Bonchev–Trinajstić information content (AvgIpc) is 3.45. The Bertz CT molecular complexity index is 1140. The number of hydrogen-bond donors (Lipinski definition) is 0. The first-order valence-corrected chi connectivity index (χ1v) is 17.1. The first-order valence-electron chi connectivity index (χ1n) is 14.4. The lowest BCUT2D eigenvalue weighted by molar-refractivity contribution is 0.191. The SMILES string of the molecule is Cc1c(Br)cccc1OC1C[C@H]2CC(CCCO[Si](c3ccccc3)(c3ccccc3)C(C)(C)C)C[C@H]2C1. The minimum Gasteiger partial charge on any atom is -0.490 e. The maximum absolute atomic E-state index is 7.14. The molecule has 38 heavy (non-hydrogen) atoms. The predicted molar refractivity (Wildman–Crippen MR) is 165 cm³/mol. The molecule has 0 spiro atoms. The molecule has 4 atom stereocenters. The molecule has 3 aromatic carbocycles. The summed E-state index contributed by atoms with van der Waals surface area (Å²) in [6, 6.07) is 28.3. The van der Waals surface area contributed by atoms with Crippen molar-refractivity contribution in [2.75, 3.05) is 6.61 Å². The molecule has 0 amide bonds. The quantitative estimate of drug-likeness (QED) is 0.184. The molecule has 0 saturated heterocycles. The topological polar surface area (TPSA) is 18.5 Å². The summed E-state index contributed by atoms with van der Waals surface area (Å²) in [5, 5.41) is 2.79. The second-order valence-corrected chi connectivity index (χ2v) is 17.7. The number of benzene rings is 3. The van der Waals surface area contributed by atoms with Gasteiger partial charge >= 0.3 is 0 Å². The first-order chi connectivity index (χ1) is 18.3. The van der Waals surface area contributed by atoms with Gasteiger partial charge in [-0.05, 0) is 90.7 Å². The van der Waals surface area contributed by atoms with Crippen molar-refractivity contribution in [1.29, 1.82) is 0 Å². The summed E-state index contributed by atoms with van der Waals surface area (Å²) < 4.78 is 14.7. The van der Waals surface area contributed by atoms with E-state index >= 15 is 0 Å². The number of rotatable bonds is 9. The van der Waals surface area contributed by atoms with Gasteiger partial charge in [0.05, 0.1) is 6.10 Å². The molecule has 0 N–H and O–H groups in total. The monoisotopic (exact) mass is 590 g/mol. The summed E-state index contributed by atoms with van der Waals surface area (Å²) >= 11 is 3.64. The van der Waals surface area contributed by atoms with Crippen LogP contribution in [-0.2, 0) is 4.43 Å². The van der Waals surface area contributed by atoms with Gasteiger partial charge in [0.25, 0.3) is 8.32 Å². The van der Waals surface area contributed by atoms with Crippen LogP contribution in [0.2, 0.25) is 5.04 Å². The van der Waals surface area contributed by atoms with Crippen LogP contribution < -0.4 is 15.1 Å². The third-order valence-corrected chi connectivity index (χ3v) is 15.0. The molecule has 2 aliphatic carbocycles. The van der Waals surface area contributed by atoms with Crippen molar-refractivity contribution in [2.45, 2.75) is 77.4 Å². The number of halogens is 1. The van der Waals surface area contributed by atoms with Gasteiger partial charge in [0.1, 0.15) is 5.75 Å². The number of fused-ring (bicyclic) bond motifs is 1. The highest BCUT2D eigenvalue weighted by Crippen LogP contribution is 2.49. The van der Waals surface area contributed by atoms with Gasteiger partial charge in [-0.25, -0.2) is 0 Å². The zero-order valence-electron chi connectivity index (χ0n) is 23.5. The second kappa shape index (κ2) is 11.7. The Labute approximate surface area is 239 Å². The van der Waals surface area contributed by atoms with Crippen LogP contribution in [0.4, 0.5) is 0 Å². The van der Waals surface area contributed by atoms with Crippen LogP contribution in [-0.4, -0.2) is 21.0 Å². The number of ether oxygens (including phenoxy) is 1. The van der Waals surface area contributed by atoms with Crippen LogP contribution >= 0.6 is 15.9 Å². The fourth-order valence-corrected chi connectivity index (χ4v) is 12.2. The van der Waals surface area contributed by atoms with Gasteiger partial charge in [-0.15, -0.1) is 0 Å². The fourth-order valence-electron chi connectivity index (χ4n) is 7.27. The lowest BCUT2D eigenvalue weighted by atomic mass is 9.98.